The van der Waals surface area contributed by atoms with Gasteiger partial charge in [-0.25, -0.2) is 4.98 Å². The average Bonchev–Trinajstić information content (AvgIpc) is 2.34. The van der Waals surface area contributed by atoms with Crippen LogP contribution in [0.4, 0.5) is 0 Å². The van der Waals surface area contributed by atoms with E-state index in [1.807, 2.05) is 12.1 Å². The van der Waals surface area contributed by atoms with Gasteiger partial charge in [-0.2, -0.15) is 0 Å². The Kier molecular flexibility index (Phi) is 5.04. The molecule has 0 saturated heterocycles. The first kappa shape index (κ1) is 16.1. The van der Waals surface area contributed by atoms with Gasteiger partial charge < -0.3 is 4.43 Å². The summed E-state index contributed by atoms with van der Waals surface area (Å²) in [5.74, 6) is 0. The summed E-state index contributed by atoms with van der Waals surface area (Å²) in [6, 6.07) is 5.52. The second-order valence-corrected chi connectivity index (χ2v) is 11.1. The number of carbonyl (C=O) groups excluding carboxylic acids is 1. The minimum Gasteiger partial charge on any atom is -0.408 e. The van der Waals surface area contributed by atoms with E-state index < -0.39 is 8.32 Å². The molecule has 1 unspecified atom stereocenters. The van der Waals surface area contributed by atoms with Crippen molar-refractivity contribution >= 4 is 14.6 Å². The highest BCUT2D eigenvalue weighted by Gasteiger charge is 2.39. The Bertz CT molecular complexity index is 438. The molecular weight excluding hydrogens is 254 g/mol. The van der Waals surface area contributed by atoms with E-state index in [1.165, 1.54) is 0 Å². The van der Waals surface area contributed by atoms with Crippen molar-refractivity contribution < 1.29 is 9.22 Å². The van der Waals surface area contributed by atoms with Crippen molar-refractivity contribution in [1.29, 1.82) is 0 Å². The van der Waals surface area contributed by atoms with Gasteiger partial charge in [0.05, 0.1) is 11.8 Å². The van der Waals surface area contributed by atoms with Crippen molar-refractivity contribution in [2.24, 2.45) is 0 Å². The zero-order valence-corrected chi connectivity index (χ0v) is 13.9. The first-order chi connectivity index (χ1) is 8.71. The van der Waals surface area contributed by atoms with Gasteiger partial charge in [-0.05, 0) is 36.7 Å². The van der Waals surface area contributed by atoms with Gasteiger partial charge >= 0.3 is 0 Å². The standard InChI is InChI=1S/C15H25NO2Si/c1-7-14(18-19(5,6)15(2,3)4)13-10-8-9-12(11-17)16-13/h8-11,14H,7H2,1-6H3. The molecule has 19 heavy (non-hydrogen) atoms. The summed E-state index contributed by atoms with van der Waals surface area (Å²) in [5.41, 5.74) is 1.33. The second kappa shape index (κ2) is 5.97. The summed E-state index contributed by atoms with van der Waals surface area (Å²) >= 11 is 0. The van der Waals surface area contributed by atoms with Gasteiger partial charge in [0.15, 0.2) is 14.6 Å². The van der Waals surface area contributed by atoms with E-state index in [4.69, 9.17) is 4.43 Å². The highest BCUT2D eigenvalue weighted by atomic mass is 28.4. The lowest BCUT2D eigenvalue weighted by atomic mass is 10.2. The molecule has 1 aromatic rings. The van der Waals surface area contributed by atoms with Crippen LogP contribution in [0.5, 0.6) is 0 Å². The molecule has 0 aliphatic rings. The van der Waals surface area contributed by atoms with E-state index >= 15 is 0 Å². The lowest BCUT2D eigenvalue weighted by molar-refractivity contribution is 0.111. The minimum atomic E-state index is -1.83. The van der Waals surface area contributed by atoms with Crippen LogP contribution in [0, 0.1) is 0 Å². The molecule has 0 saturated carbocycles. The Balaban J connectivity index is 2.98. The zero-order chi connectivity index (χ0) is 14.7. The third-order valence-electron chi connectivity index (χ3n) is 3.86. The smallest absolute Gasteiger partial charge is 0.192 e. The number of hydrogen-bond acceptors (Lipinski definition) is 3. The molecule has 0 N–H and O–H groups in total. The van der Waals surface area contributed by atoms with Gasteiger partial charge in [-0.3, -0.25) is 4.79 Å². The van der Waals surface area contributed by atoms with Crippen LogP contribution in [-0.2, 0) is 4.43 Å². The van der Waals surface area contributed by atoms with Crippen LogP contribution in [0.1, 0.15) is 56.4 Å². The predicted molar refractivity (Wildman–Crippen MR) is 80.9 cm³/mol. The predicted octanol–water partition coefficient (Wildman–Crippen LogP) is 4.37. The Morgan fingerprint density at radius 2 is 2.00 bits per heavy atom. The number of carbonyl (C=O) groups is 1. The van der Waals surface area contributed by atoms with Gasteiger partial charge in [-0.15, -0.1) is 0 Å². The van der Waals surface area contributed by atoms with E-state index in [9.17, 15) is 4.79 Å². The topological polar surface area (TPSA) is 39.2 Å². The van der Waals surface area contributed by atoms with Crippen LogP contribution in [0.15, 0.2) is 18.2 Å². The quantitative estimate of drug-likeness (QED) is 0.593. The molecule has 0 aliphatic carbocycles. The first-order valence-corrected chi connectivity index (χ1v) is 9.72. The van der Waals surface area contributed by atoms with E-state index in [1.54, 1.807) is 6.07 Å². The van der Waals surface area contributed by atoms with Gasteiger partial charge in [0.2, 0.25) is 0 Å². The van der Waals surface area contributed by atoms with E-state index in [2.05, 4.69) is 45.8 Å². The minimum absolute atomic E-state index is 0.0270. The lowest BCUT2D eigenvalue weighted by Gasteiger charge is -2.39. The molecule has 0 fully saturated rings. The van der Waals surface area contributed by atoms with E-state index in [-0.39, 0.29) is 11.1 Å². The molecule has 1 aromatic heterocycles. The maximum Gasteiger partial charge on any atom is 0.192 e. The zero-order valence-electron chi connectivity index (χ0n) is 12.9. The van der Waals surface area contributed by atoms with Crippen LogP contribution in [-0.4, -0.2) is 19.6 Å². The van der Waals surface area contributed by atoms with Crippen molar-refractivity contribution in [3.05, 3.63) is 29.6 Å². The largest absolute Gasteiger partial charge is 0.408 e. The number of rotatable bonds is 5. The molecular formula is C15H25NO2Si. The third-order valence-corrected chi connectivity index (χ3v) is 8.34. The molecule has 0 aliphatic heterocycles. The normalized spacial score (nSPS) is 14.2. The monoisotopic (exact) mass is 279 g/mol. The number of aldehydes is 1. The summed E-state index contributed by atoms with van der Waals surface area (Å²) in [7, 11) is -1.83. The fraction of sp³-hybridized carbons (Fsp3) is 0.600. The number of hydrogen-bond donors (Lipinski definition) is 0. The summed E-state index contributed by atoms with van der Waals surface area (Å²) in [4.78, 5) is 15.2. The molecule has 1 rings (SSSR count). The second-order valence-electron chi connectivity index (χ2n) is 6.38. The molecule has 1 atom stereocenters. The average molecular weight is 279 g/mol. The van der Waals surface area contributed by atoms with Crippen LogP contribution in [0.3, 0.4) is 0 Å². The maximum atomic E-state index is 10.8. The first-order valence-electron chi connectivity index (χ1n) is 6.81. The van der Waals surface area contributed by atoms with Crippen molar-refractivity contribution in [1.82, 2.24) is 4.98 Å². The van der Waals surface area contributed by atoms with E-state index in [0.717, 1.165) is 18.4 Å². The van der Waals surface area contributed by atoms with Gasteiger partial charge in [0.25, 0.3) is 0 Å². The number of nitrogens with zero attached hydrogens (tertiary/aromatic N) is 1. The van der Waals surface area contributed by atoms with Crippen LogP contribution in [0.2, 0.25) is 18.1 Å². The summed E-state index contributed by atoms with van der Waals surface area (Å²) in [5, 5.41) is 0.169. The number of pyridine rings is 1. The molecule has 1 heterocycles. The Labute approximate surface area is 117 Å². The van der Waals surface area contributed by atoms with Crippen molar-refractivity contribution in [2.45, 2.75) is 58.4 Å². The van der Waals surface area contributed by atoms with Crippen molar-refractivity contribution in [3.63, 3.8) is 0 Å². The highest BCUT2D eigenvalue weighted by molar-refractivity contribution is 6.74. The summed E-state index contributed by atoms with van der Waals surface area (Å²) < 4.78 is 6.40. The Hall–Kier alpha value is -1.00. The molecule has 0 amide bonds. The van der Waals surface area contributed by atoms with Crippen LogP contribution < -0.4 is 0 Å². The molecule has 0 spiro atoms. The molecule has 4 heteroatoms. The molecule has 0 radical (unpaired) electrons. The molecule has 3 nitrogen and oxygen atoms in total. The van der Waals surface area contributed by atoms with E-state index in [0.29, 0.717) is 5.69 Å². The summed E-state index contributed by atoms with van der Waals surface area (Å²) in [6.45, 7) is 13.2. The van der Waals surface area contributed by atoms with Crippen LogP contribution in [0.25, 0.3) is 0 Å². The maximum absolute atomic E-state index is 10.8. The fourth-order valence-electron chi connectivity index (χ4n) is 1.60. The molecule has 0 aromatic carbocycles. The Morgan fingerprint density at radius 1 is 1.37 bits per heavy atom. The lowest BCUT2D eigenvalue weighted by Crippen LogP contribution is -2.41. The third kappa shape index (κ3) is 3.98. The van der Waals surface area contributed by atoms with Crippen molar-refractivity contribution in [2.75, 3.05) is 0 Å². The van der Waals surface area contributed by atoms with Crippen molar-refractivity contribution in [3.8, 4) is 0 Å². The molecule has 0 bridgehead atoms. The SMILES string of the molecule is CCC(O[Si](C)(C)C(C)(C)C)c1cccc(C=O)n1. The van der Waals surface area contributed by atoms with Gasteiger partial charge in [0, 0.05) is 0 Å². The fourth-order valence-corrected chi connectivity index (χ4v) is 2.95. The van der Waals surface area contributed by atoms with Gasteiger partial charge in [-0.1, -0.05) is 33.8 Å². The number of aromatic nitrogens is 1. The van der Waals surface area contributed by atoms with Crippen LogP contribution >= 0.6 is 0 Å². The highest BCUT2D eigenvalue weighted by Crippen LogP contribution is 2.40. The summed E-state index contributed by atoms with van der Waals surface area (Å²) in [6.07, 6.45) is 1.62. The Morgan fingerprint density at radius 3 is 2.47 bits per heavy atom. The molecule has 106 valence electrons. The van der Waals surface area contributed by atoms with Gasteiger partial charge in [0.1, 0.15) is 5.69 Å².